The van der Waals surface area contributed by atoms with Crippen LogP contribution in [-0.2, 0) is 16.1 Å². The maximum atomic E-state index is 13.3. The third kappa shape index (κ3) is 5.00. The van der Waals surface area contributed by atoms with Crippen molar-refractivity contribution in [2.45, 2.75) is 6.54 Å². The van der Waals surface area contributed by atoms with E-state index in [1.54, 1.807) is 18.2 Å². The van der Waals surface area contributed by atoms with Gasteiger partial charge in [0, 0.05) is 22.7 Å². The first-order valence-corrected chi connectivity index (χ1v) is 10.2. The number of benzene rings is 2. The monoisotopic (exact) mass is 445 g/mol. The number of anilines is 1. The van der Waals surface area contributed by atoms with E-state index in [1.165, 1.54) is 16.2 Å². The predicted molar refractivity (Wildman–Crippen MR) is 110 cm³/mol. The van der Waals surface area contributed by atoms with Gasteiger partial charge in [0.1, 0.15) is 24.8 Å². The van der Waals surface area contributed by atoms with Crippen LogP contribution in [0.5, 0.6) is 11.5 Å². The summed E-state index contributed by atoms with van der Waals surface area (Å²) in [4.78, 5) is 27.5. The number of rotatable bonds is 6. The van der Waals surface area contributed by atoms with Crippen molar-refractivity contribution in [3.63, 3.8) is 0 Å². The zero-order chi connectivity index (χ0) is 21.8. The van der Waals surface area contributed by atoms with Gasteiger partial charge in [-0.05, 0) is 35.7 Å². The average molecular weight is 445 g/mol. The number of amides is 1. The Morgan fingerprint density at radius 1 is 1.00 bits per heavy atom. The van der Waals surface area contributed by atoms with Crippen molar-refractivity contribution < 1.29 is 32.6 Å². The third-order valence-electron chi connectivity index (χ3n) is 4.46. The number of hydrogen-bond donors (Lipinski definition) is 0. The molecule has 0 unspecified atom stereocenters. The van der Waals surface area contributed by atoms with Crippen LogP contribution in [0.1, 0.15) is 15.2 Å². The fourth-order valence-corrected chi connectivity index (χ4v) is 3.73. The van der Waals surface area contributed by atoms with E-state index >= 15 is 0 Å². The molecular formula is C22H17F2NO5S. The van der Waals surface area contributed by atoms with Gasteiger partial charge in [0.2, 0.25) is 0 Å². The largest absolute Gasteiger partial charge is 0.486 e. The van der Waals surface area contributed by atoms with Crippen molar-refractivity contribution in [2.24, 2.45) is 0 Å². The van der Waals surface area contributed by atoms with E-state index in [0.717, 1.165) is 17.0 Å². The zero-order valence-corrected chi connectivity index (χ0v) is 17.0. The molecule has 0 saturated carbocycles. The summed E-state index contributed by atoms with van der Waals surface area (Å²) >= 11 is 1.48. The van der Waals surface area contributed by atoms with Gasteiger partial charge in [-0.1, -0.05) is 6.07 Å². The number of nitrogens with zero attached hydrogens (tertiary/aromatic N) is 1. The zero-order valence-electron chi connectivity index (χ0n) is 16.2. The smallest absolute Gasteiger partial charge is 0.338 e. The van der Waals surface area contributed by atoms with Gasteiger partial charge in [-0.3, -0.25) is 4.79 Å². The highest BCUT2D eigenvalue weighted by Crippen LogP contribution is 2.34. The molecule has 2 aromatic carbocycles. The van der Waals surface area contributed by atoms with Crippen LogP contribution in [0.2, 0.25) is 0 Å². The van der Waals surface area contributed by atoms with Gasteiger partial charge in [0.05, 0.1) is 12.1 Å². The van der Waals surface area contributed by atoms with Crippen LogP contribution < -0.4 is 14.4 Å². The summed E-state index contributed by atoms with van der Waals surface area (Å²) in [7, 11) is 0. The molecule has 0 N–H and O–H groups in total. The minimum absolute atomic E-state index is 0.252. The molecule has 4 rings (SSSR count). The molecule has 6 nitrogen and oxygen atoms in total. The van der Waals surface area contributed by atoms with Crippen LogP contribution in [0, 0.1) is 11.6 Å². The average Bonchev–Trinajstić information content (AvgIpc) is 3.28. The maximum Gasteiger partial charge on any atom is 0.338 e. The molecule has 31 heavy (non-hydrogen) atoms. The predicted octanol–water partition coefficient (Wildman–Crippen LogP) is 4.19. The number of carbonyl (C=O) groups is 2. The normalized spacial score (nSPS) is 12.3. The van der Waals surface area contributed by atoms with Gasteiger partial charge in [0.25, 0.3) is 5.91 Å². The van der Waals surface area contributed by atoms with Crippen LogP contribution >= 0.6 is 11.3 Å². The van der Waals surface area contributed by atoms with Crippen LogP contribution in [0.25, 0.3) is 0 Å². The molecule has 0 bridgehead atoms. The number of thiophene rings is 1. The van der Waals surface area contributed by atoms with Crippen LogP contribution in [0.3, 0.4) is 0 Å². The van der Waals surface area contributed by atoms with Gasteiger partial charge in [-0.2, -0.15) is 0 Å². The van der Waals surface area contributed by atoms with Gasteiger partial charge >= 0.3 is 5.97 Å². The van der Waals surface area contributed by atoms with E-state index in [0.29, 0.717) is 36.5 Å². The molecule has 0 fully saturated rings. The second kappa shape index (κ2) is 9.13. The van der Waals surface area contributed by atoms with E-state index in [4.69, 9.17) is 14.2 Å². The highest BCUT2D eigenvalue weighted by molar-refractivity contribution is 7.09. The molecule has 0 aliphatic carbocycles. The van der Waals surface area contributed by atoms with Crippen molar-refractivity contribution in [3.8, 4) is 11.5 Å². The molecule has 3 aromatic rings. The quantitative estimate of drug-likeness (QED) is 0.533. The summed E-state index contributed by atoms with van der Waals surface area (Å²) < 4.78 is 42.8. The standard InChI is InChI=1S/C22H17F2NO5S/c23-15-8-14(9-16(24)10-15)22(27)30-13-21(26)25(12-18-2-1-7-31-18)17-3-4-19-20(11-17)29-6-5-28-19/h1-4,7-11H,5-6,12-13H2. The Morgan fingerprint density at radius 3 is 2.45 bits per heavy atom. The summed E-state index contributed by atoms with van der Waals surface area (Å²) in [5.74, 6) is -2.22. The fourth-order valence-electron chi connectivity index (χ4n) is 3.04. The van der Waals surface area contributed by atoms with Crippen molar-refractivity contribution in [1.82, 2.24) is 0 Å². The molecule has 0 spiro atoms. The number of ether oxygens (including phenoxy) is 3. The SMILES string of the molecule is O=C(OCC(=O)N(Cc1cccs1)c1ccc2c(c1)OCCO2)c1cc(F)cc(F)c1. The molecule has 1 aliphatic heterocycles. The van der Waals surface area contributed by atoms with Gasteiger partial charge < -0.3 is 19.1 Å². The Balaban J connectivity index is 1.52. The Morgan fingerprint density at radius 2 is 1.74 bits per heavy atom. The number of fused-ring (bicyclic) bond motifs is 1. The summed E-state index contributed by atoms with van der Waals surface area (Å²) in [6.45, 7) is 0.497. The lowest BCUT2D eigenvalue weighted by Crippen LogP contribution is -2.34. The summed E-state index contributed by atoms with van der Waals surface area (Å²) in [6.07, 6.45) is 0. The minimum atomic E-state index is -0.995. The molecule has 2 heterocycles. The molecule has 1 aliphatic rings. The van der Waals surface area contributed by atoms with Gasteiger partial charge in [-0.15, -0.1) is 11.3 Å². The Hall–Kier alpha value is -3.46. The van der Waals surface area contributed by atoms with Gasteiger partial charge in [-0.25, -0.2) is 13.6 Å². The molecule has 160 valence electrons. The van der Waals surface area contributed by atoms with Crippen LogP contribution in [0.15, 0.2) is 53.9 Å². The molecule has 1 aromatic heterocycles. The minimum Gasteiger partial charge on any atom is -0.486 e. The van der Waals surface area contributed by atoms with Crippen LogP contribution in [-0.4, -0.2) is 31.7 Å². The lowest BCUT2D eigenvalue weighted by Gasteiger charge is -2.25. The maximum absolute atomic E-state index is 13.3. The lowest BCUT2D eigenvalue weighted by atomic mass is 10.2. The first kappa shape index (κ1) is 20.8. The Bertz CT molecular complexity index is 1080. The number of halogens is 2. The Labute approximate surface area is 180 Å². The molecule has 1 amide bonds. The van der Waals surface area contributed by atoms with E-state index in [1.807, 2.05) is 17.5 Å². The highest BCUT2D eigenvalue weighted by atomic mass is 32.1. The molecule has 0 atom stereocenters. The van der Waals surface area contributed by atoms with E-state index in [-0.39, 0.29) is 12.1 Å². The summed E-state index contributed by atoms with van der Waals surface area (Å²) in [6, 6.07) is 11.2. The van der Waals surface area contributed by atoms with Crippen molar-refractivity contribution in [1.29, 1.82) is 0 Å². The molecular weight excluding hydrogens is 428 g/mol. The number of esters is 1. The van der Waals surface area contributed by atoms with Crippen LogP contribution in [0.4, 0.5) is 14.5 Å². The Kier molecular flexibility index (Phi) is 6.13. The first-order chi connectivity index (χ1) is 15.0. The second-order valence-electron chi connectivity index (χ2n) is 6.62. The van der Waals surface area contributed by atoms with E-state index in [9.17, 15) is 18.4 Å². The number of carbonyl (C=O) groups excluding carboxylic acids is 2. The molecule has 0 radical (unpaired) electrons. The summed E-state index contributed by atoms with van der Waals surface area (Å²) in [5.41, 5.74) is 0.227. The topological polar surface area (TPSA) is 65.1 Å². The first-order valence-electron chi connectivity index (χ1n) is 9.35. The van der Waals surface area contributed by atoms with Crippen molar-refractivity contribution in [2.75, 3.05) is 24.7 Å². The fraction of sp³-hybridized carbons (Fsp3) is 0.182. The van der Waals surface area contributed by atoms with E-state index < -0.39 is 30.1 Å². The summed E-state index contributed by atoms with van der Waals surface area (Å²) in [5, 5.41) is 1.89. The third-order valence-corrected chi connectivity index (χ3v) is 5.32. The number of hydrogen-bond acceptors (Lipinski definition) is 6. The van der Waals surface area contributed by atoms with E-state index in [2.05, 4.69) is 0 Å². The van der Waals surface area contributed by atoms with Crippen molar-refractivity contribution >= 4 is 28.9 Å². The molecule has 0 saturated heterocycles. The lowest BCUT2D eigenvalue weighted by molar-refractivity contribution is -0.121. The van der Waals surface area contributed by atoms with Gasteiger partial charge in [0.15, 0.2) is 18.1 Å². The van der Waals surface area contributed by atoms with Crippen molar-refractivity contribution in [3.05, 3.63) is 76.0 Å². The molecule has 9 heteroatoms. The highest BCUT2D eigenvalue weighted by Gasteiger charge is 2.22. The second-order valence-corrected chi connectivity index (χ2v) is 7.65.